The SMILES string of the molecule is COc1cc(Br)ccc1CN1C[C@@H](C)O[C@H](C(N)=O)C1. The van der Waals surface area contributed by atoms with Gasteiger partial charge in [-0.15, -0.1) is 0 Å². The van der Waals surface area contributed by atoms with E-state index in [0.717, 1.165) is 22.3 Å². The van der Waals surface area contributed by atoms with E-state index in [0.29, 0.717) is 13.1 Å². The van der Waals surface area contributed by atoms with Gasteiger partial charge in [0.15, 0.2) is 0 Å². The van der Waals surface area contributed by atoms with E-state index in [1.165, 1.54) is 0 Å². The van der Waals surface area contributed by atoms with Crippen LogP contribution in [-0.2, 0) is 16.1 Å². The minimum atomic E-state index is -0.541. The number of nitrogens with zero attached hydrogens (tertiary/aromatic N) is 1. The summed E-state index contributed by atoms with van der Waals surface area (Å²) in [5.74, 6) is 0.415. The van der Waals surface area contributed by atoms with Gasteiger partial charge in [0.1, 0.15) is 11.9 Å². The Morgan fingerprint density at radius 3 is 2.95 bits per heavy atom. The second-order valence-corrected chi connectivity index (χ2v) is 5.90. The lowest BCUT2D eigenvalue weighted by Gasteiger charge is -2.35. The zero-order valence-corrected chi connectivity index (χ0v) is 13.2. The standard InChI is InChI=1S/C14H19BrN2O3/c1-9-6-17(8-13(20-9)14(16)18)7-10-3-4-11(15)5-12(10)19-2/h3-5,9,13H,6-8H2,1-2H3,(H2,16,18)/t9-,13+/m1/s1. The van der Waals surface area contributed by atoms with Crippen molar-refractivity contribution < 1.29 is 14.3 Å². The lowest BCUT2D eigenvalue weighted by atomic mass is 10.1. The van der Waals surface area contributed by atoms with E-state index >= 15 is 0 Å². The number of carbonyl (C=O) groups is 1. The Hall–Kier alpha value is -1.11. The monoisotopic (exact) mass is 342 g/mol. The van der Waals surface area contributed by atoms with Crippen LogP contribution in [0.15, 0.2) is 22.7 Å². The fourth-order valence-electron chi connectivity index (χ4n) is 2.42. The highest BCUT2D eigenvalue weighted by Crippen LogP contribution is 2.25. The van der Waals surface area contributed by atoms with Crippen LogP contribution in [-0.4, -0.2) is 43.2 Å². The molecule has 1 amide bonds. The number of ether oxygens (including phenoxy) is 2. The Balaban J connectivity index is 2.11. The molecule has 0 unspecified atom stereocenters. The lowest BCUT2D eigenvalue weighted by molar-refractivity contribution is -0.142. The van der Waals surface area contributed by atoms with Gasteiger partial charge in [-0.2, -0.15) is 0 Å². The van der Waals surface area contributed by atoms with E-state index in [4.69, 9.17) is 15.2 Å². The molecule has 20 heavy (non-hydrogen) atoms. The van der Waals surface area contributed by atoms with Crippen molar-refractivity contribution in [1.29, 1.82) is 0 Å². The first-order valence-electron chi connectivity index (χ1n) is 6.49. The third-order valence-electron chi connectivity index (χ3n) is 3.30. The number of hydrogen-bond acceptors (Lipinski definition) is 4. The molecule has 1 aliphatic rings. The smallest absolute Gasteiger partial charge is 0.247 e. The maximum absolute atomic E-state index is 11.3. The molecule has 5 nitrogen and oxygen atoms in total. The third kappa shape index (κ3) is 3.71. The highest BCUT2D eigenvalue weighted by molar-refractivity contribution is 9.10. The van der Waals surface area contributed by atoms with E-state index < -0.39 is 12.0 Å². The number of morpholine rings is 1. The number of nitrogens with two attached hydrogens (primary N) is 1. The fraction of sp³-hybridized carbons (Fsp3) is 0.500. The quantitative estimate of drug-likeness (QED) is 0.901. The molecule has 1 saturated heterocycles. The first-order valence-corrected chi connectivity index (χ1v) is 7.28. The second-order valence-electron chi connectivity index (χ2n) is 4.99. The van der Waals surface area contributed by atoms with Crippen LogP contribution in [0, 0.1) is 0 Å². The highest BCUT2D eigenvalue weighted by Gasteiger charge is 2.29. The lowest BCUT2D eigenvalue weighted by Crippen LogP contribution is -2.51. The number of rotatable bonds is 4. The minimum absolute atomic E-state index is 0.0114. The summed E-state index contributed by atoms with van der Waals surface area (Å²) in [5.41, 5.74) is 6.42. The molecule has 2 rings (SSSR count). The molecule has 0 radical (unpaired) electrons. The molecule has 1 aromatic carbocycles. The maximum Gasteiger partial charge on any atom is 0.247 e. The van der Waals surface area contributed by atoms with Crippen LogP contribution in [0.5, 0.6) is 5.75 Å². The molecule has 2 N–H and O–H groups in total. The van der Waals surface area contributed by atoms with Crippen LogP contribution in [0.1, 0.15) is 12.5 Å². The molecular formula is C14H19BrN2O3. The number of methoxy groups -OCH3 is 1. The zero-order valence-electron chi connectivity index (χ0n) is 11.6. The van der Waals surface area contributed by atoms with E-state index in [9.17, 15) is 4.79 Å². The molecule has 6 heteroatoms. The molecule has 2 atom stereocenters. The van der Waals surface area contributed by atoms with Crippen molar-refractivity contribution in [3.63, 3.8) is 0 Å². The molecule has 0 bridgehead atoms. The van der Waals surface area contributed by atoms with Gasteiger partial charge in [-0.05, 0) is 19.1 Å². The highest BCUT2D eigenvalue weighted by atomic mass is 79.9. The summed E-state index contributed by atoms with van der Waals surface area (Å²) in [7, 11) is 1.65. The molecule has 0 aliphatic carbocycles. The molecule has 1 heterocycles. The van der Waals surface area contributed by atoms with Crippen molar-refractivity contribution in [2.45, 2.75) is 25.7 Å². The van der Waals surface area contributed by atoms with Crippen molar-refractivity contribution in [2.24, 2.45) is 5.73 Å². The number of halogens is 1. The summed E-state index contributed by atoms with van der Waals surface area (Å²) in [6, 6.07) is 5.93. The molecule has 0 aromatic heterocycles. The predicted molar refractivity (Wildman–Crippen MR) is 79.5 cm³/mol. The van der Waals surface area contributed by atoms with Gasteiger partial charge in [0.25, 0.3) is 0 Å². The van der Waals surface area contributed by atoms with Gasteiger partial charge in [-0.25, -0.2) is 0 Å². The van der Waals surface area contributed by atoms with Crippen molar-refractivity contribution in [3.05, 3.63) is 28.2 Å². The Morgan fingerprint density at radius 2 is 2.30 bits per heavy atom. The molecule has 1 aromatic rings. The van der Waals surface area contributed by atoms with Crippen LogP contribution in [0.25, 0.3) is 0 Å². The summed E-state index contributed by atoms with van der Waals surface area (Å²) in [4.78, 5) is 13.5. The average Bonchev–Trinajstić information content (AvgIpc) is 2.40. The van der Waals surface area contributed by atoms with Gasteiger partial charge in [0, 0.05) is 29.7 Å². The number of benzene rings is 1. The van der Waals surface area contributed by atoms with Gasteiger partial charge in [-0.1, -0.05) is 22.0 Å². The van der Waals surface area contributed by atoms with Crippen molar-refractivity contribution in [3.8, 4) is 5.75 Å². The maximum atomic E-state index is 11.3. The number of primary amides is 1. The van der Waals surface area contributed by atoms with Crippen molar-refractivity contribution >= 4 is 21.8 Å². The van der Waals surface area contributed by atoms with Crippen LogP contribution in [0.2, 0.25) is 0 Å². The summed E-state index contributed by atoms with van der Waals surface area (Å²) >= 11 is 3.43. The largest absolute Gasteiger partial charge is 0.496 e. The van der Waals surface area contributed by atoms with Gasteiger partial charge in [0.2, 0.25) is 5.91 Å². The van der Waals surface area contributed by atoms with Crippen LogP contribution in [0.3, 0.4) is 0 Å². The first kappa shape index (κ1) is 15.3. The minimum Gasteiger partial charge on any atom is -0.496 e. The number of carbonyl (C=O) groups excluding carboxylic acids is 1. The first-order chi connectivity index (χ1) is 9.49. The number of hydrogen-bond donors (Lipinski definition) is 1. The van der Waals surface area contributed by atoms with Crippen LogP contribution < -0.4 is 10.5 Å². The average molecular weight is 343 g/mol. The van der Waals surface area contributed by atoms with Crippen LogP contribution >= 0.6 is 15.9 Å². The van der Waals surface area contributed by atoms with Gasteiger partial charge >= 0.3 is 0 Å². The Bertz CT molecular complexity index is 495. The third-order valence-corrected chi connectivity index (χ3v) is 3.79. The van der Waals surface area contributed by atoms with E-state index in [1.807, 2.05) is 25.1 Å². The second kappa shape index (κ2) is 6.56. The molecule has 110 valence electrons. The molecule has 0 saturated carbocycles. The zero-order chi connectivity index (χ0) is 14.7. The fourth-order valence-corrected chi connectivity index (χ4v) is 2.76. The Kier molecular flexibility index (Phi) is 5.01. The van der Waals surface area contributed by atoms with E-state index in [2.05, 4.69) is 20.8 Å². The normalized spacial score (nSPS) is 23.6. The van der Waals surface area contributed by atoms with E-state index in [-0.39, 0.29) is 6.10 Å². The Labute approximate surface area is 127 Å². The molecule has 0 spiro atoms. The predicted octanol–water partition coefficient (Wildman–Crippen LogP) is 1.53. The summed E-state index contributed by atoms with van der Waals surface area (Å²) in [6.45, 7) is 3.93. The molecule has 1 aliphatic heterocycles. The van der Waals surface area contributed by atoms with Crippen molar-refractivity contribution in [1.82, 2.24) is 4.90 Å². The van der Waals surface area contributed by atoms with Crippen molar-refractivity contribution in [2.75, 3.05) is 20.2 Å². The summed E-state index contributed by atoms with van der Waals surface area (Å²) < 4.78 is 11.9. The van der Waals surface area contributed by atoms with Gasteiger partial charge < -0.3 is 15.2 Å². The van der Waals surface area contributed by atoms with Crippen LogP contribution in [0.4, 0.5) is 0 Å². The molecular weight excluding hydrogens is 324 g/mol. The van der Waals surface area contributed by atoms with Gasteiger partial charge in [-0.3, -0.25) is 9.69 Å². The summed E-state index contributed by atoms with van der Waals surface area (Å²) in [6.07, 6.45) is -0.553. The topological polar surface area (TPSA) is 64.8 Å². The Morgan fingerprint density at radius 1 is 1.55 bits per heavy atom. The number of amides is 1. The summed E-state index contributed by atoms with van der Waals surface area (Å²) in [5, 5.41) is 0. The van der Waals surface area contributed by atoms with Gasteiger partial charge in [0.05, 0.1) is 13.2 Å². The van der Waals surface area contributed by atoms with E-state index in [1.54, 1.807) is 7.11 Å². The molecule has 1 fully saturated rings.